The molecule has 0 radical (unpaired) electrons. The number of carbonyl (C=O) groups is 2. The summed E-state index contributed by atoms with van der Waals surface area (Å²) in [6.45, 7) is 11.3. The van der Waals surface area contributed by atoms with Crippen LogP contribution >= 0.6 is 0 Å². The first-order valence-corrected chi connectivity index (χ1v) is 16.1. The zero-order valence-electron chi connectivity index (χ0n) is 23.0. The Bertz CT molecular complexity index is 1290. The molecule has 38 heavy (non-hydrogen) atoms. The van der Waals surface area contributed by atoms with E-state index < -0.39 is 14.3 Å². The highest BCUT2D eigenvalue weighted by atomic mass is 28.4. The molecule has 1 heterocycles. The summed E-state index contributed by atoms with van der Waals surface area (Å²) in [5.74, 6) is -0.0286. The second-order valence-corrected chi connectivity index (χ2v) is 16.3. The van der Waals surface area contributed by atoms with E-state index in [-0.39, 0.29) is 35.3 Å². The number of nitrogens with one attached hydrogen (secondary N) is 2. The number of para-hydroxylation sites is 1. The lowest BCUT2D eigenvalue weighted by Crippen LogP contribution is -2.48. The van der Waals surface area contributed by atoms with Crippen LogP contribution in [0.3, 0.4) is 0 Å². The Morgan fingerprint density at radius 3 is 2.39 bits per heavy atom. The zero-order chi connectivity index (χ0) is 27.5. The van der Waals surface area contributed by atoms with Crippen molar-refractivity contribution in [2.24, 2.45) is 0 Å². The lowest BCUT2D eigenvalue weighted by molar-refractivity contribution is -0.133. The highest BCUT2D eigenvalue weighted by Crippen LogP contribution is 2.44. The van der Waals surface area contributed by atoms with Gasteiger partial charge in [0.25, 0.3) is 0 Å². The first kappa shape index (κ1) is 27.7. The molecule has 3 aromatic rings. The summed E-state index contributed by atoms with van der Waals surface area (Å²) in [6, 6.07) is 19.7. The topological polar surface area (TPSA) is 90.9 Å². The summed E-state index contributed by atoms with van der Waals surface area (Å²) in [6.07, 6.45) is 1.46. The number of benzene rings is 3. The minimum absolute atomic E-state index is 0.0465. The third-order valence-corrected chi connectivity index (χ3v) is 12.4. The maximum atomic E-state index is 13.7. The van der Waals surface area contributed by atoms with Gasteiger partial charge in [-0.2, -0.15) is 0 Å². The van der Waals surface area contributed by atoms with E-state index in [2.05, 4.69) is 44.5 Å². The van der Waals surface area contributed by atoms with Gasteiger partial charge in [0.15, 0.2) is 8.32 Å². The summed E-state index contributed by atoms with van der Waals surface area (Å²) >= 11 is 0. The van der Waals surface area contributed by atoms with Gasteiger partial charge in [0, 0.05) is 11.3 Å². The molecule has 1 saturated heterocycles. The Morgan fingerprint density at radius 1 is 1.00 bits per heavy atom. The van der Waals surface area contributed by atoms with E-state index in [1.807, 2.05) is 53.4 Å². The van der Waals surface area contributed by atoms with E-state index in [9.17, 15) is 14.7 Å². The van der Waals surface area contributed by atoms with Crippen molar-refractivity contribution < 1.29 is 19.1 Å². The van der Waals surface area contributed by atoms with Crippen molar-refractivity contribution in [1.82, 2.24) is 10.2 Å². The van der Waals surface area contributed by atoms with Gasteiger partial charge in [0.05, 0.1) is 25.2 Å². The molecule has 2 unspecified atom stereocenters. The molecule has 0 spiro atoms. The van der Waals surface area contributed by atoms with E-state index in [0.29, 0.717) is 18.7 Å². The molecule has 3 aromatic carbocycles. The molecule has 1 aliphatic heterocycles. The van der Waals surface area contributed by atoms with Crippen molar-refractivity contribution in [3.63, 3.8) is 0 Å². The van der Waals surface area contributed by atoms with Crippen molar-refractivity contribution >= 4 is 36.7 Å². The molecule has 7 nitrogen and oxygen atoms in total. The van der Waals surface area contributed by atoms with Gasteiger partial charge in [-0.05, 0) is 59.9 Å². The monoisotopic (exact) mass is 533 g/mol. The average molecular weight is 534 g/mol. The standard InChI is InChI=1S/C30H39N3O4Si/c1-30(2,3)38(4,5)37-20-23-16-17-25(28-24-14-10-9-11-21(24)15-18-26(28)34)33(23)27(35)19-31-29(36)32-22-12-7-6-8-13-22/h6-15,18,23,25,34H,16-17,19-20H2,1-5H3,(H2,31,32,36). The maximum Gasteiger partial charge on any atom is 0.319 e. The molecule has 1 fully saturated rings. The number of amides is 3. The molecular weight excluding hydrogens is 494 g/mol. The molecule has 0 aliphatic carbocycles. The van der Waals surface area contributed by atoms with Crippen LogP contribution in [-0.2, 0) is 9.22 Å². The number of hydrogen-bond donors (Lipinski definition) is 3. The van der Waals surface area contributed by atoms with Crippen molar-refractivity contribution in [1.29, 1.82) is 0 Å². The molecule has 0 saturated carbocycles. The van der Waals surface area contributed by atoms with Gasteiger partial charge in [-0.25, -0.2) is 4.79 Å². The van der Waals surface area contributed by atoms with Gasteiger partial charge in [0.1, 0.15) is 5.75 Å². The first-order valence-electron chi connectivity index (χ1n) is 13.2. The Labute approximate surface area is 226 Å². The number of likely N-dealkylation sites (tertiary alicyclic amines) is 1. The van der Waals surface area contributed by atoms with Crippen molar-refractivity contribution in [3.8, 4) is 5.75 Å². The molecular formula is C30H39N3O4Si. The van der Waals surface area contributed by atoms with E-state index in [4.69, 9.17) is 4.43 Å². The lowest BCUT2D eigenvalue weighted by Gasteiger charge is -2.39. The van der Waals surface area contributed by atoms with Crippen LogP contribution in [0, 0.1) is 0 Å². The normalized spacial score (nSPS) is 18.0. The summed E-state index contributed by atoms with van der Waals surface area (Å²) < 4.78 is 6.55. The number of nitrogens with zero attached hydrogens (tertiary/aromatic N) is 1. The summed E-state index contributed by atoms with van der Waals surface area (Å²) in [4.78, 5) is 28.1. The van der Waals surface area contributed by atoms with Crippen LogP contribution in [-0.4, -0.2) is 49.5 Å². The molecule has 4 rings (SSSR count). The van der Waals surface area contributed by atoms with Crippen molar-refractivity contribution in [2.75, 3.05) is 18.5 Å². The van der Waals surface area contributed by atoms with Gasteiger partial charge in [0.2, 0.25) is 5.91 Å². The van der Waals surface area contributed by atoms with Gasteiger partial charge in [-0.1, -0.05) is 69.3 Å². The smallest absolute Gasteiger partial charge is 0.319 e. The molecule has 3 amide bonds. The third-order valence-electron chi connectivity index (χ3n) is 7.95. The van der Waals surface area contributed by atoms with E-state index >= 15 is 0 Å². The fraction of sp³-hybridized carbons (Fsp3) is 0.400. The Kier molecular flexibility index (Phi) is 8.13. The first-order chi connectivity index (χ1) is 18.0. The highest BCUT2D eigenvalue weighted by molar-refractivity contribution is 6.74. The fourth-order valence-electron chi connectivity index (χ4n) is 4.81. The van der Waals surface area contributed by atoms with Crippen LogP contribution in [0.4, 0.5) is 10.5 Å². The molecule has 3 N–H and O–H groups in total. The number of carbonyl (C=O) groups excluding carboxylic acids is 2. The molecule has 8 heteroatoms. The quantitative estimate of drug-likeness (QED) is 0.306. The molecule has 0 aromatic heterocycles. The van der Waals surface area contributed by atoms with Crippen LogP contribution in [0.1, 0.15) is 45.2 Å². The largest absolute Gasteiger partial charge is 0.508 e. The average Bonchev–Trinajstić information content (AvgIpc) is 3.29. The number of phenols is 1. The van der Waals surface area contributed by atoms with Gasteiger partial charge in [-0.15, -0.1) is 0 Å². The van der Waals surface area contributed by atoms with Crippen molar-refractivity contribution in [3.05, 3.63) is 72.3 Å². The third kappa shape index (κ3) is 6.02. The minimum Gasteiger partial charge on any atom is -0.508 e. The van der Waals surface area contributed by atoms with Crippen LogP contribution in [0.25, 0.3) is 10.8 Å². The highest BCUT2D eigenvalue weighted by Gasteiger charge is 2.42. The van der Waals surface area contributed by atoms with Gasteiger partial charge < -0.3 is 25.1 Å². The van der Waals surface area contributed by atoms with E-state index in [1.165, 1.54) is 0 Å². The molecule has 202 valence electrons. The van der Waals surface area contributed by atoms with Crippen LogP contribution in [0.15, 0.2) is 66.7 Å². The number of hydrogen-bond acceptors (Lipinski definition) is 4. The Balaban J connectivity index is 1.58. The van der Waals surface area contributed by atoms with Crippen molar-refractivity contribution in [2.45, 2.75) is 63.8 Å². The van der Waals surface area contributed by atoms with Gasteiger partial charge in [-0.3, -0.25) is 4.79 Å². The van der Waals surface area contributed by atoms with Gasteiger partial charge >= 0.3 is 6.03 Å². The summed E-state index contributed by atoms with van der Waals surface area (Å²) in [7, 11) is -2.04. The van der Waals surface area contributed by atoms with Crippen LogP contribution in [0.2, 0.25) is 18.1 Å². The second kappa shape index (κ2) is 11.2. The number of phenolic OH excluding ortho intramolecular Hbond substituents is 1. The number of aromatic hydroxyl groups is 1. The van der Waals surface area contributed by atoms with E-state index in [0.717, 1.165) is 22.8 Å². The Hall–Kier alpha value is -3.36. The zero-order valence-corrected chi connectivity index (χ0v) is 24.0. The molecule has 0 bridgehead atoms. The molecule has 2 atom stereocenters. The van der Waals surface area contributed by atoms with Crippen LogP contribution in [0.5, 0.6) is 5.75 Å². The summed E-state index contributed by atoms with van der Waals surface area (Å²) in [5, 5.41) is 18.4. The van der Waals surface area contributed by atoms with E-state index in [1.54, 1.807) is 18.2 Å². The summed E-state index contributed by atoms with van der Waals surface area (Å²) in [5.41, 5.74) is 1.40. The number of fused-ring (bicyclic) bond motifs is 1. The Morgan fingerprint density at radius 2 is 1.68 bits per heavy atom. The number of rotatable bonds is 7. The predicted molar refractivity (Wildman–Crippen MR) is 155 cm³/mol. The SMILES string of the molecule is CC(C)(C)[Si](C)(C)OCC1CCC(c2c(O)ccc3ccccc23)N1C(=O)CNC(=O)Nc1ccccc1. The maximum absolute atomic E-state index is 13.7. The number of urea groups is 1. The predicted octanol–water partition coefficient (Wildman–Crippen LogP) is 6.42. The molecule has 1 aliphatic rings. The van der Waals surface area contributed by atoms with Crippen LogP contribution < -0.4 is 10.6 Å². The second-order valence-electron chi connectivity index (χ2n) is 11.5. The minimum atomic E-state index is -2.04. The lowest BCUT2D eigenvalue weighted by atomic mass is 9.96. The fourth-order valence-corrected chi connectivity index (χ4v) is 5.85. The number of anilines is 1.